The van der Waals surface area contributed by atoms with Gasteiger partial charge in [-0.1, -0.05) is 29.8 Å². The Labute approximate surface area is 161 Å². The highest BCUT2D eigenvalue weighted by Crippen LogP contribution is 2.28. The van der Waals surface area contributed by atoms with Crippen molar-refractivity contribution in [1.82, 2.24) is 20.1 Å². The zero-order valence-electron chi connectivity index (χ0n) is 16.0. The first kappa shape index (κ1) is 18.0. The fourth-order valence-corrected chi connectivity index (χ4v) is 4.29. The summed E-state index contributed by atoms with van der Waals surface area (Å²) in [6.07, 6.45) is 6.04. The second-order valence-electron chi connectivity index (χ2n) is 7.94. The summed E-state index contributed by atoms with van der Waals surface area (Å²) in [5.74, 6) is 0.565. The third kappa shape index (κ3) is 4.48. The molecule has 0 aliphatic carbocycles. The molecule has 1 aromatic heterocycles. The van der Waals surface area contributed by atoms with Crippen LogP contribution in [0.3, 0.4) is 0 Å². The van der Waals surface area contributed by atoms with Crippen LogP contribution in [0.1, 0.15) is 29.5 Å². The average molecular weight is 364 g/mol. The van der Waals surface area contributed by atoms with Gasteiger partial charge in [-0.25, -0.2) is 4.79 Å². The van der Waals surface area contributed by atoms with Gasteiger partial charge in [0.2, 0.25) is 0 Å². The molecule has 142 valence electrons. The summed E-state index contributed by atoms with van der Waals surface area (Å²) in [7, 11) is 0. The molecule has 2 amide bonds. The van der Waals surface area contributed by atoms with E-state index in [1.165, 1.54) is 17.5 Å². The second kappa shape index (κ2) is 8.09. The van der Waals surface area contributed by atoms with Crippen molar-refractivity contribution in [2.75, 3.05) is 19.6 Å². The smallest absolute Gasteiger partial charge is 0.317 e. The highest BCUT2D eigenvalue weighted by molar-refractivity contribution is 5.74. The van der Waals surface area contributed by atoms with Gasteiger partial charge in [0.05, 0.1) is 0 Å². The summed E-state index contributed by atoms with van der Waals surface area (Å²) in [4.78, 5) is 21.5. The fourth-order valence-electron chi connectivity index (χ4n) is 4.29. The third-order valence-corrected chi connectivity index (χ3v) is 5.77. The highest BCUT2D eigenvalue weighted by atomic mass is 16.2. The number of hydrogen-bond donors (Lipinski definition) is 1. The van der Waals surface area contributed by atoms with Gasteiger partial charge < -0.3 is 10.2 Å². The lowest BCUT2D eigenvalue weighted by Gasteiger charge is -2.36. The monoisotopic (exact) mass is 364 g/mol. The van der Waals surface area contributed by atoms with Crippen molar-refractivity contribution < 1.29 is 4.79 Å². The van der Waals surface area contributed by atoms with Crippen LogP contribution in [0.4, 0.5) is 4.79 Å². The Balaban J connectivity index is 1.36. The number of benzene rings is 1. The maximum Gasteiger partial charge on any atom is 0.317 e. The largest absolute Gasteiger partial charge is 0.334 e. The second-order valence-corrected chi connectivity index (χ2v) is 7.94. The number of pyridine rings is 1. The predicted molar refractivity (Wildman–Crippen MR) is 106 cm³/mol. The van der Waals surface area contributed by atoms with E-state index in [9.17, 15) is 4.79 Å². The summed E-state index contributed by atoms with van der Waals surface area (Å²) < 4.78 is 0. The molecule has 3 fully saturated rings. The lowest BCUT2D eigenvalue weighted by Crippen LogP contribution is -2.51. The van der Waals surface area contributed by atoms with Crippen LogP contribution in [0, 0.1) is 12.8 Å². The minimum absolute atomic E-state index is 0.0797. The topological polar surface area (TPSA) is 48.5 Å². The standard InChI is InChI=1S/C22H28N4O/c1-17-2-4-18(5-3-17)12-24-22(27)26-15-20-6-7-21(26)16-25(14-20)13-19-8-10-23-11-9-19/h2-5,8-11,20-21H,6-7,12-16H2,1H3,(H,24,27)/t20-,21+/m0/s1. The molecule has 3 saturated heterocycles. The van der Waals surface area contributed by atoms with Crippen LogP contribution in [-0.2, 0) is 13.1 Å². The van der Waals surface area contributed by atoms with E-state index in [1.807, 2.05) is 12.4 Å². The Morgan fingerprint density at radius 3 is 2.59 bits per heavy atom. The van der Waals surface area contributed by atoms with Crippen molar-refractivity contribution in [3.05, 3.63) is 65.5 Å². The molecule has 1 N–H and O–H groups in total. The molecule has 5 rings (SSSR count). The SMILES string of the molecule is Cc1ccc(CNC(=O)N2C[C@H]3CC[C@@H]2CN(Cc2ccncc2)C3)cc1. The molecule has 2 atom stereocenters. The summed E-state index contributed by atoms with van der Waals surface area (Å²) in [5, 5.41) is 3.13. The molecule has 2 bridgehead atoms. The van der Waals surface area contributed by atoms with Crippen molar-refractivity contribution in [3.8, 4) is 0 Å². The number of nitrogens with zero attached hydrogens (tertiary/aromatic N) is 3. The van der Waals surface area contributed by atoms with E-state index in [1.54, 1.807) is 0 Å². The number of aryl methyl sites for hydroxylation is 1. The number of urea groups is 1. The van der Waals surface area contributed by atoms with Gasteiger partial charge in [0, 0.05) is 51.2 Å². The van der Waals surface area contributed by atoms with Crippen LogP contribution >= 0.6 is 0 Å². The average Bonchev–Trinajstić information content (AvgIpc) is 2.99. The van der Waals surface area contributed by atoms with Crippen LogP contribution in [0.2, 0.25) is 0 Å². The quantitative estimate of drug-likeness (QED) is 0.906. The minimum Gasteiger partial charge on any atom is -0.334 e. The summed E-state index contributed by atoms with van der Waals surface area (Å²) in [6, 6.07) is 12.9. The van der Waals surface area contributed by atoms with Gasteiger partial charge in [-0.05, 0) is 48.9 Å². The first-order valence-electron chi connectivity index (χ1n) is 9.88. The van der Waals surface area contributed by atoms with Crippen molar-refractivity contribution in [1.29, 1.82) is 0 Å². The number of amides is 2. The van der Waals surface area contributed by atoms with E-state index in [0.29, 0.717) is 18.5 Å². The molecule has 0 radical (unpaired) electrons. The molecule has 0 saturated carbocycles. The van der Waals surface area contributed by atoms with E-state index in [2.05, 4.69) is 63.4 Å². The Kier molecular flexibility index (Phi) is 5.39. The van der Waals surface area contributed by atoms with Crippen molar-refractivity contribution in [2.24, 2.45) is 5.92 Å². The number of nitrogens with one attached hydrogen (secondary N) is 1. The zero-order valence-corrected chi connectivity index (χ0v) is 16.0. The van der Waals surface area contributed by atoms with E-state index in [-0.39, 0.29) is 6.03 Å². The Bertz CT molecular complexity index is 762. The summed E-state index contributed by atoms with van der Waals surface area (Å²) in [5.41, 5.74) is 3.68. The van der Waals surface area contributed by atoms with Gasteiger partial charge in [0.1, 0.15) is 0 Å². The lowest BCUT2D eigenvalue weighted by atomic mass is 9.95. The van der Waals surface area contributed by atoms with Crippen LogP contribution in [0.15, 0.2) is 48.8 Å². The first-order valence-corrected chi connectivity index (χ1v) is 9.88. The summed E-state index contributed by atoms with van der Waals surface area (Å²) in [6.45, 7) is 6.50. The maximum atomic E-state index is 12.8. The number of aromatic nitrogens is 1. The number of fused-ring (bicyclic) bond motifs is 4. The molecule has 5 heteroatoms. The molecule has 4 heterocycles. The number of carbonyl (C=O) groups excluding carboxylic acids is 1. The van der Waals surface area contributed by atoms with Crippen LogP contribution < -0.4 is 5.32 Å². The Morgan fingerprint density at radius 2 is 1.81 bits per heavy atom. The summed E-state index contributed by atoms with van der Waals surface area (Å²) >= 11 is 0. The van der Waals surface area contributed by atoms with E-state index >= 15 is 0 Å². The van der Waals surface area contributed by atoms with Crippen molar-refractivity contribution >= 4 is 6.03 Å². The van der Waals surface area contributed by atoms with Gasteiger partial charge in [0.25, 0.3) is 0 Å². The minimum atomic E-state index is 0.0797. The fraction of sp³-hybridized carbons (Fsp3) is 0.455. The Morgan fingerprint density at radius 1 is 1.04 bits per heavy atom. The van der Waals surface area contributed by atoms with Gasteiger partial charge in [-0.2, -0.15) is 0 Å². The normalized spacial score (nSPS) is 22.5. The van der Waals surface area contributed by atoms with Crippen LogP contribution in [-0.4, -0.2) is 46.5 Å². The van der Waals surface area contributed by atoms with Gasteiger partial charge in [-0.15, -0.1) is 0 Å². The van der Waals surface area contributed by atoms with Crippen LogP contribution in [0.25, 0.3) is 0 Å². The van der Waals surface area contributed by atoms with Gasteiger partial charge in [-0.3, -0.25) is 9.88 Å². The molecular formula is C22H28N4O. The molecule has 5 nitrogen and oxygen atoms in total. The maximum absolute atomic E-state index is 12.8. The van der Waals surface area contributed by atoms with Gasteiger partial charge >= 0.3 is 6.03 Å². The lowest BCUT2D eigenvalue weighted by molar-refractivity contribution is 0.140. The van der Waals surface area contributed by atoms with Gasteiger partial charge in [0.15, 0.2) is 0 Å². The van der Waals surface area contributed by atoms with Crippen molar-refractivity contribution in [3.63, 3.8) is 0 Å². The molecule has 0 unspecified atom stereocenters. The number of carbonyl (C=O) groups is 1. The molecule has 3 aliphatic heterocycles. The van der Waals surface area contributed by atoms with Crippen molar-refractivity contribution in [2.45, 2.75) is 38.9 Å². The highest BCUT2D eigenvalue weighted by Gasteiger charge is 2.37. The molecule has 27 heavy (non-hydrogen) atoms. The first-order chi connectivity index (χ1) is 13.2. The zero-order chi connectivity index (χ0) is 18.6. The molecule has 0 spiro atoms. The molecular weight excluding hydrogens is 336 g/mol. The number of piperidine rings is 1. The van der Waals surface area contributed by atoms with E-state index in [4.69, 9.17) is 0 Å². The van der Waals surface area contributed by atoms with E-state index < -0.39 is 0 Å². The third-order valence-electron chi connectivity index (χ3n) is 5.77. The molecule has 3 aliphatic rings. The number of rotatable bonds is 4. The predicted octanol–water partition coefficient (Wildman–Crippen LogP) is 3.20. The number of hydrogen-bond acceptors (Lipinski definition) is 3. The Hall–Kier alpha value is -2.40. The van der Waals surface area contributed by atoms with E-state index in [0.717, 1.165) is 38.2 Å². The van der Waals surface area contributed by atoms with Crippen LogP contribution in [0.5, 0.6) is 0 Å². The molecule has 2 aromatic rings. The molecule has 1 aromatic carbocycles.